The summed E-state index contributed by atoms with van der Waals surface area (Å²) in [5, 5.41) is 0. The Morgan fingerprint density at radius 2 is 2.06 bits per heavy atom. The van der Waals surface area contributed by atoms with E-state index in [9.17, 15) is 0 Å². The molecule has 0 spiro atoms. The van der Waals surface area contributed by atoms with Crippen molar-refractivity contribution >= 4 is 11.6 Å². The predicted molar refractivity (Wildman–Crippen MR) is 65.4 cm³/mol. The molecule has 17 heavy (non-hydrogen) atoms. The molecule has 2 N–H and O–H groups in total. The number of hydrogen-bond donors (Lipinski definition) is 1. The lowest BCUT2D eigenvalue weighted by Crippen LogP contribution is -1.97. The number of nitrogens with zero attached hydrogens (tertiary/aromatic N) is 4. The number of fused-ring (bicyclic) bond motifs is 1. The van der Waals surface area contributed by atoms with Gasteiger partial charge in [0.05, 0.1) is 17.6 Å². The van der Waals surface area contributed by atoms with Crippen LogP contribution in [0.25, 0.3) is 17.0 Å². The molecular formula is C12H11N5. The van der Waals surface area contributed by atoms with Gasteiger partial charge in [0.15, 0.2) is 0 Å². The Kier molecular flexibility index (Phi) is 2.04. The van der Waals surface area contributed by atoms with Gasteiger partial charge in [0.1, 0.15) is 5.65 Å². The molecule has 84 valence electrons. The van der Waals surface area contributed by atoms with Gasteiger partial charge in [-0.15, -0.1) is 0 Å². The van der Waals surface area contributed by atoms with E-state index in [0.29, 0.717) is 0 Å². The van der Waals surface area contributed by atoms with Crippen LogP contribution in [0.15, 0.2) is 36.8 Å². The molecular weight excluding hydrogens is 214 g/mol. The predicted octanol–water partition coefficient (Wildman–Crippen LogP) is 1.68. The van der Waals surface area contributed by atoms with Crippen molar-refractivity contribution in [2.75, 3.05) is 5.73 Å². The van der Waals surface area contributed by atoms with Crippen molar-refractivity contribution in [1.29, 1.82) is 0 Å². The van der Waals surface area contributed by atoms with Crippen molar-refractivity contribution in [2.24, 2.45) is 0 Å². The molecule has 5 heteroatoms. The first kappa shape index (κ1) is 9.77. The normalized spacial score (nSPS) is 10.9. The minimum Gasteiger partial charge on any atom is -0.368 e. The van der Waals surface area contributed by atoms with Crippen LogP contribution >= 0.6 is 0 Å². The van der Waals surface area contributed by atoms with Gasteiger partial charge in [0, 0.05) is 12.4 Å². The Bertz CT molecular complexity index is 686. The highest BCUT2D eigenvalue weighted by Crippen LogP contribution is 2.19. The van der Waals surface area contributed by atoms with Crippen molar-refractivity contribution in [3.63, 3.8) is 0 Å². The third kappa shape index (κ3) is 1.61. The summed E-state index contributed by atoms with van der Waals surface area (Å²) < 4.78 is 2.00. The minimum absolute atomic E-state index is 0.269. The van der Waals surface area contributed by atoms with E-state index >= 15 is 0 Å². The monoisotopic (exact) mass is 225 g/mol. The number of aryl methyl sites for hydroxylation is 1. The Hall–Kier alpha value is -2.43. The summed E-state index contributed by atoms with van der Waals surface area (Å²) in [4.78, 5) is 12.4. The molecule has 0 atom stereocenters. The molecule has 0 saturated heterocycles. The average molecular weight is 225 g/mol. The van der Waals surface area contributed by atoms with E-state index in [2.05, 4.69) is 15.0 Å². The van der Waals surface area contributed by atoms with Crippen LogP contribution in [0.3, 0.4) is 0 Å². The minimum atomic E-state index is 0.269. The van der Waals surface area contributed by atoms with Crippen LogP contribution in [-0.4, -0.2) is 19.4 Å². The van der Waals surface area contributed by atoms with Crippen molar-refractivity contribution in [3.8, 4) is 11.4 Å². The Morgan fingerprint density at radius 1 is 1.18 bits per heavy atom. The highest BCUT2D eigenvalue weighted by Gasteiger charge is 2.07. The number of nitrogen functional groups attached to an aromatic ring is 1. The Labute approximate surface area is 98.0 Å². The zero-order chi connectivity index (χ0) is 11.8. The molecule has 0 aromatic carbocycles. The van der Waals surface area contributed by atoms with Crippen LogP contribution in [0.2, 0.25) is 0 Å². The zero-order valence-electron chi connectivity index (χ0n) is 9.33. The van der Waals surface area contributed by atoms with Gasteiger partial charge in [-0.2, -0.15) is 0 Å². The van der Waals surface area contributed by atoms with Gasteiger partial charge >= 0.3 is 0 Å². The summed E-state index contributed by atoms with van der Waals surface area (Å²) in [6.45, 7) is 2.04. The third-order valence-electron chi connectivity index (χ3n) is 2.59. The van der Waals surface area contributed by atoms with Gasteiger partial charge in [-0.3, -0.25) is 4.40 Å². The summed E-state index contributed by atoms with van der Waals surface area (Å²) in [7, 11) is 0. The summed E-state index contributed by atoms with van der Waals surface area (Å²) in [5.41, 5.74) is 9.33. The van der Waals surface area contributed by atoms with Crippen molar-refractivity contribution in [2.45, 2.75) is 6.92 Å². The first-order chi connectivity index (χ1) is 8.24. The number of hydrogen-bond acceptors (Lipinski definition) is 4. The fraction of sp³-hybridized carbons (Fsp3) is 0.0833. The topological polar surface area (TPSA) is 69.1 Å². The fourth-order valence-corrected chi connectivity index (χ4v) is 1.79. The molecule has 0 unspecified atom stereocenters. The number of anilines is 1. The lowest BCUT2D eigenvalue weighted by Gasteiger charge is -2.02. The lowest BCUT2D eigenvalue weighted by molar-refractivity contribution is 1.12. The highest BCUT2D eigenvalue weighted by molar-refractivity contribution is 5.60. The van der Waals surface area contributed by atoms with E-state index < -0.39 is 0 Å². The first-order valence-electron chi connectivity index (χ1n) is 5.26. The van der Waals surface area contributed by atoms with Crippen LogP contribution in [0.4, 0.5) is 5.95 Å². The molecule has 0 amide bonds. The van der Waals surface area contributed by atoms with Gasteiger partial charge in [-0.25, -0.2) is 15.0 Å². The number of aromatic nitrogens is 4. The molecule has 0 aliphatic heterocycles. The Balaban J connectivity index is 2.27. The molecule has 3 aromatic rings. The summed E-state index contributed by atoms with van der Waals surface area (Å²) in [6, 6.07) is 5.83. The molecule has 3 rings (SSSR count). The molecule has 3 aromatic heterocycles. The SMILES string of the molecule is Cc1ccc2ncc(-c3ccnc(N)n3)n2c1. The molecule has 0 aliphatic rings. The average Bonchev–Trinajstić information content (AvgIpc) is 2.71. The highest BCUT2D eigenvalue weighted by atomic mass is 15.0. The molecule has 0 aliphatic carbocycles. The molecule has 0 saturated carbocycles. The smallest absolute Gasteiger partial charge is 0.220 e. The number of nitrogens with two attached hydrogens (primary N) is 1. The van der Waals surface area contributed by atoms with E-state index in [4.69, 9.17) is 5.73 Å². The number of imidazole rings is 1. The third-order valence-corrected chi connectivity index (χ3v) is 2.59. The number of pyridine rings is 1. The second-order valence-corrected chi connectivity index (χ2v) is 3.88. The van der Waals surface area contributed by atoms with Gasteiger partial charge in [-0.05, 0) is 24.6 Å². The maximum Gasteiger partial charge on any atom is 0.220 e. The first-order valence-corrected chi connectivity index (χ1v) is 5.26. The van der Waals surface area contributed by atoms with Crippen molar-refractivity contribution in [1.82, 2.24) is 19.4 Å². The van der Waals surface area contributed by atoms with E-state index in [-0.39, 0.29) is 5.95 Å². The molecule has 3 heterocycles. The molecule has 0 radical (unpaired) electrons. The second-order valence-electron chi connectivity index (χ2n) is 3.88. The second kappa shape index (κ2) is 3.55. The standard InChI is InChI=1S/C12H11N5/c1-8-2-3-11-15-6-10(17(11)7-8)9-4-5-14-12(13)16-9/h2-7H,1H3,(H2,13,14,16). The van der Waals surface area contributed by atoms with Crippen LogP contribution in [0.5, 0.6) is 0 Å². The van der Waals surface area contributed by atoms with E-state index in [1.807, 2.05) is 35.7 Å². The summed E-state index contributed by atoms with van der Waals surface area (Å²) in [5.74, 6) is 0.269. The molecule has 0 bridgehead atoms. The van der Waals surface area contributed by atoms with Crippen LogP contribution < -0.4 is 5.73 Å². The molecule has 5 nitrogen and oxygen atoms in total. The van der Waals surface area contributed by atoms with Crippen LogP contribution in [0.1, 0.15) is 5.56 Å². The van der Waals surface area contributed by atoms with E-state index in [1.165, 1.54) is 5.56 Å². The fourth-order valence-electron chi connectivity index (χ4n) is 1.79. The van der Waals surface area contributed by atoms with E-state index in [0.717, 1.165) is 17.0 Å². The maximum absolute atomic E-state index is 5.59. The quantitative estimate of drug-likeness (QED) is 0.684. The van der Waals surface area contributed by atoms with Crippen LogP contribution in [-0.2, 0) is 0 Å². The van der Waals surface area contributed by atoms with Gasteiger partial charge in [0.25, 0.3) is 0 Å². The van der Waals surface area contributed by atoms with E-state index in [1.54, 1.807) is 12.4 Å². The van der Waals surface area contributed by atoms with Crippen molar-refractivity contribution < 1.29 is 0 Å². The number of rotatable bonds is 1. The lowest BCUT2D eigenvalue weighted by atomic mass is 10.3. The largest absolute Gasteiger partial charge is 0.368 e. The van der Waals surface area contributed by atoms with Gasteiger partial charge < -0.3 is 5.73 Å². The van der Waals surface area contributed by atoms with Gasteiger partial charge in [0.2, 0.25) is 5.95 Å². The maximum atomic E-state index is 5.59. The Morgan fingerprint density at radius 3 is 2.88 bits per heavy atom. The van der Waals surface area contributed by atoms with Crippen LogP contribution in [0, 0.1) is 6.92 Å². The summed E-state index contributed by atoms with van der Waals surface area (Å²) >= 11 is 0. The van der Waals surface area contributed by atoms with Gasteiger partial charge in [-0.1, -0.05) is 6.07 Å². The molecule has 0 fully saturated rings. The zero-order valence-corrected chi connectivity index (χ0v) is 9.33. The van der Waals surface area contributed by atoms with Crippen molar-refractivity contribution in [3.05, 3.63) is 42.4 Å². The summed E-state index contributed by atoms with van der Waals surface area (Å²) in [6.07, 6.45) is 5.46.